The van der Waals surface area contributed by atoms with Gasteiger partial charge >= 0.3 is 0 Å². The van der Waals surface area contributed by atoms with E-state index in [9.17, 15) is 9.90 Å². The molecule has 3 heterocycles. The lowest BCUT2D eigenvalue weighted by molar-refractivity contribution is 0.0520. The summed E-state index contributed by atoms with van der Waals surface area (Å²) in [7, 11) is 0. The minimum absolute atomic E-state index is 0.0314. The summed E-state index contributed by atoms with van der Waals surface area (Å²) in [6.45, 7) is 7.65. The summed E-state index contributed by atoms with van der Waals surface area (Å²) >= 11 is 1.61. The normalized spacial score (nSPS) is 17.2. The molecule has 0 saturated carbocycles. The number of hydrogen-bond acceptors (Lipinski definition) is 5. The molecule has 0 spiro atoms. The van der Waals surface area contributed by atoms with Gasteiger partial charge in [-0.2, -0.15) is 0 Å². The highest BCUT2D eigenvalue weighted by Crippen LogP contribution is 2.23. The Morgan fingerprint density at radius 1 is 1.42 bits per heavy atom. The second kappa shape index (κ2) is 7.46. The SMILES string of the molecule is CC[C@@H](O)CN1CCN(C(=O)c2cc(-c3csc(C)n3)c[nH]2)CC1. The molecule has 3 rings (SSSR count). The number of carbonyl (C=O) groups excluding carboxylic acids is 1. The van der Waals surface area contributed by atoms with Gasteiger partial charge in [-0.25, -0.2) is 4.98 Å². The van der Waals surface area contributed by atoms with Crippen LogP contribution in [-0.2, 0) is 0 Å². The van der Waals surface area contributed by atoms with Gasteiger partial charge in [0.15, 0.2) is 0 Å². The van der Waals surface area contributed by atoms with Crippen molar-refractivity contribution in [1.29, 1.82) is 0 Å². The summed E-state index contributed by atoms with van der Waals surface area (Å²) < 4.78 is 0. The van der Waals surface area contributed by atoms with Crippen molar-refractivity contribution < 1.29 is 9.90 Å². The molecule has 6 nitrogen and oxygen atoms in total. The average molecular weight is 348 g/mol. The van der Waals surface area contributed by atoms with Crippen molar-refractivity contribution in [3.8, 4) is 11.3 Å². The van der Waals surface area contributed by atoms with Crippen molar-refractivity contribution in [2.24, 2.45) is 0 Å². The Morgan fingerprint density at radius 3 is 2.79 bits per heavy atom. The molecular formula is C17H24N4O2S. The van der Waals surface area contributed by atoms with Gasteiger partial charge in [-0.1, -0.05) is 6.92 Å². The molecule has 1 amide bonds. The minimum Gasteiger partial charge on any atom is -0.392 e. The second-order valence-electron chi connectivity index (χ2n) is 6.21. The van der Waals surface area contributed by atoms with E-state index in [1.165, 1.54) is 0 Å². The molecule has 1 aliphatic rings. The van der Waals surface area contributed by atoms with Crippen LogP contribution in [0.25, 0.3) is 11.3 Å². The zero-order valence-corrected chi connectivity index (χ0v) is 15.0. The Bertz CT molecular complexity index is 688. The molecule has 130 valence electrons. The fourth-order valence-corrected chi connectivity index (χ4v) is 3.51. The van der Waals surface area contributed by atoms with Crippen LogP contribution in [-0.4, -0.2) is 69.6 Å². The monoisotopic (exact) mass is 348 g/mol. The van der Waals surface area contributed by atoms with Crippen LogP contribution < -0.4 is 0 Å². The van der Waals surface area contributed by atoms with Gasteiger partial charge < -0.3 is 15.0 Å². The molecule has 1 fully saturated rings. The van der Waals surface area contributed by atoms with Crippen LogP contribution in [0.4, 0.5) is 0 Å². The molecule has 0 unspecified atom stereocenters. The highest BCUT2D eigenvalue weighted by molar-refractivity contribution is 7.09. The predicted octanol–water partition coefficient (Wildman–Crippen LogP) is 1.98. The first-order valence-corrected chi connectivity index (χ1v) is 9.25. The van der Waals surface area contributed by atoms with Crippen molar-refractivity contribution in [3.63, 3.8) is 0 Å². The van der Waals surface area contributed by atoms with Crippen LogP contribution >= 0.6 is 11.3 Å². The summed E-state index contributed by atoms with van der Waals surface area (Å²) in [6.07, 6.45) is 2.33. The fraction of sp³-hybridized carbons (Fsp3) is 0.529. The van der Waals surface area contributed by atoms with Crippen LogP contribution in [0.1, 0.15) is 28.8 Å². The second-order valence-corrected chi connectivity index (χ2v) is 7.27. The lowest BCUT2D eigenvalue weighted by Crippen LogP contribution is -2.50. The van der Waals surface area contributed by atoms with Gasteiger partial charge in [0.2, 0.25) is 0 Å². The van der Waals surface area contributed by atoms with Gasteiger partial charge in [-0.05, 0) is 19.4 Å². The maximum Gasteiger partial charge on any atom is 0.270 e. The van der Waals surface area contributed by atoms with Crippen molar-refractivity contribution in [2.75, 3.05) is 32.7 Å². The molecule has 2 aromatic heterocycles. The molecule has 2 aromatic rings. The number of aromatic nitrogens is 2. The first-order valence-electron chi connectivity index (χ1n) is 8.37. The third kappa shape index (κ3) is 3.85. The number of carbonyl (C=O) groups is 1. The Kier molecular flexibility index (Phi) is 5.33. The van der Waals surface area contributed by atoms with E-state index in [0.717, 1.165) is 35.8 Å². The number of β-amino-alcohol motifs (C(OH)–C–C–N with tert-alkyl or cyclic N) is 1. The topological polar surface area (TPSA) is 72.5 Å². The predicted molar refractivity (Wildman–Crippen MR) is 95.3 cm³/mol. The van der Waals surface area contributed by atoms with Crippen molar-refractivity contribution in [1.82, 2.24) is 19.8 Å². The smallest absolute Gasteiger partial charge is 0.270 e. The third-order valence-electron chi connectivity index (χ3n) is 4.43. The average Bonchev–Trinajstić information content (AvgIpc) is 3.23. The quantitative estimate of drug-likeness (QED) is 0.867. The number of aromatic amines is 1. The zero-order valence-electron chi connectivity index (χ0n) is 14.2. The van der Waals surface area contributed by atoms with Crippen LogP contribution in [0.2, 0.25) is 0 Å². The summed E-state index contributed by atoms with van der Waals surface area (Å²) in [5, 5.41) is 12.8. The number of aliphatic hydroxyl groups is 1. The number of aryl methyl sites for hydroxylation is 1. The molecule has 0 radical (unpaired) electrons. The van der Waals surface area contributed by atoms with E-state index < -0.39 is 0 Å². The summed E-state index contributed by atoms with van der Waals surface area (Å²) in [5.41, 5.74) is 2.47. The van der Waals surface area contributed by atoms with E-state index in [0.29, 0.717) is 25.3 Å². The number of H-pyrrole nitrogens is 1. The van der Waals surface area contributed by atoms with Crippen molar-refractivity contribution in [3.05, 3.63) is 28.3 Å². The number of nitrogens with one attached hydrogen (secondary N) is 1. The van der Waals surface area contributed by atoms with E-state index >= 15 is 0 Å². The molecule has 0 aliphatic carbocycles. The molecule has 2 N–H and O–H groups in total. The lowest BCUT2D eigenvalue weighted by Gasteiger charge is -2.35. The van der Waals surface area contributed by atoms with Crippen LogP contribution in [0.3, 0.4) is 0 Å². The number of aliphatic hydroxyl groups excluding tert-OH is 1. The molecular weight excluding hydrogens is 324 g/mol. The molecule has 7 heteroatoms. The number of rotatable bonds is 5. The summed E-state index contributed by atoms with van der Waals surface area (Å²) in [4.78, 5) is 24.3. The van der Waals surface area contributed by atoms with Gasteiger partial charge in [-0.3, -0.25) is 9.69 Å². The van der Waals surface area contributed by atoms with Gasteiger partial charge in [0.05, 0.1) is 16.8 Å². The first-order chi connectivity index (χ1) is 11.6. The van der Waals surface area contributed by atoms with Crippen molar-refractivity contribution >= 4 is 17.2 Å². The Morgan fingerprint density at radius 2 is 2.17 bits per heavy atom. The Balaban J connectivity index is 1.59. The molecule has 1 atom stereocenters. The van der Waals surface area contributed by atoms with Gasteiger partial charge in [0.25, 0.3) is 5.91 Å². The molecule has 0 aromatic carbocycles. The number of amides is 1. The van der Waals surface area contributed by atoms with E-state index in [-0.39, 0.29) is 12.0 Å². The highest BCUT2D eigenvalue weighted by Gasteiger charge is 2.24. The standard InChI is InChI=1S/C17H24N4O2S/c1-3-14(22)10-20-4-6-21(7-5-20)17(23)15-8-13(9-18-15)16-11-24-12(2)19-16/h8-9,11,14,18,22H,3-7,10H2,1-2H3/t14-/m1/s1. The van der Waals surface area contributed by atoms with Gasteiger partial charge in [-0.15, -0.1) is 11.3 Å². The Hall–Kier alpha value is -1.70. The molecule has 24 heavy (non-hydrogen) atoms. The number of hydrogen-bond donors (Lipinski definition) is 2. The lowest BCUT2D eigenvalue weighted by atomic mass is 10.2. The number of nitrogens with zero attached hydrogens (tertiary/aromatic N) is 3. The van der Waals surface area contributed by atoms with Gasteiger partial charge in [0, 0.05) is 49.9 Å². The fourth-order valence-electron chi connectivity index (χ4n) is 2.89. The van der Waals surface area contributed by atoms with E-state index in [2.05, 4.69) is 14.9 Å². The maximum absolute atomic E-state index is 12.6. The van der Waals surface area contributed by atoms with Crippen LogP contribution in [0.15, 0.2) is 17.6 Å². The molecule has 1 aliphatic heterocycles. The Labute approximate surface area is 146 Å². The van der Waals surface area contributed by atoms with Crippen LogP contribution in [0, 0.1) is 6.92 Å². The summed E-state index contributed by atoms with van der Waals surface area (Å²) in [6, 6.07) is 1.88. The number of thiazole rings is 1. The van der Waals surface area contributed by atoms with Crippen LogP contribution in [0.5, 0.6) is 0 Å². The molecule has 1 saturated heterocycles. The van der Waals surface area contributed by atoms with E-state index in [1.807, 2.05) is 36.4 Å². The highest BCUT2D eigenvalue weighted by atomic mass is 32.1. The minimum atomic E-state index is -0.278. The van der Waals surface area contributed by atoms with Crippen molar-refractivity contribution in [2.45, 2.75) is 26.4 Å². The maximum atomic E-state index is 12.6. The zero-order chi connectivity index (χ0) is 17.1. The van der Waals surface area contributed by atoms with E-state index in [4.69, 9.17) is 0 Å². The number of piperazine rings is 1. The molecule has 0 bridgehead atoms. The first kappa shape index (κ1) is 17.1. The van der Waals surface area contributed by atoms with Gasteiger partial charge in [0.1, 0.15) is 5.69 Å². The van der Waals surface area contributed by atoms with E-state index in [1.54, 1.807) is 11.3 Å². The largest absolute Gasteiger partial charge is 0.392 e. The third-order valence-corrected chi connectivity index (χ3v) is 5.20. The summed E-state index contributed by atoms with van der Waals surface area (Å²) in [5.74, 6) is 0.0314.